The molecule has 210 valence electrons. The van der Waals surface area contributed by atoms with Gasteiger partial charge in [0.1, 0.15) is 5.82 Å². The fraction of sp³-hybridized carbons (Fsp3) is 0.471. The fourth-order valence-electron chi connectivity index (χ4n) is 5.25. The second-order valence-electron chi connectivity index (χ2n) is 10.7. The van der Waals surface area contributed by atoms with Crippen molar-refractivity contribution in [3.8, 4) is 22.3 Å². The first-order valence-electron chi connectivity index (χ1n) is 14.6. The summed E-state index contributed by atoms with van der Waals surface area (Å²) in [5, 5.41) is 0. The number of ether oxygens (including phenoxy) is 2. The summed E-state index contributed by atoms with van der Waals surface area (Å²) in [6.07, 6.45) is 9.96. The molecule has 3 aromatic carbocycles. The highest BCUT2D eigenvalue weighted by atomic mass is 19.2. The van der Waals surface area contributed by atoms with E-state index in [0.29, 0.717) is 53.4 Å². The van der Waals surface area contributed by atoms with Gasteiger partial charge >= 0.3 is 0 Å². The number of aryl methyl sites for hydroxylation is 1. The van der Waals surface area contributed by atoms with Gasteiger partial charge in [-0.05, 0) is 42.0 Å². The van der Waals surface area contributed by atoms with Crippen LogP contribution in [0.4, 0.5) is 13.2 Å². The normalized spacial score (nSPS) is 17.5. The van der Waals surface area contributed by atoms with Crippen molar-refractivity contribution in [2.45, 2.75) is 84.3 Å². The first-order chi connectivity index (χ1) is 19.0. The summed E-state index contributed by atoms with van der Waals surface area (Å²) < 4.78 is 56.6. The lowest BCUT2D eigenvalue weighted by atomic mass is 9.96. The molecule has 0 atom stereocenters. The Labute approximate surface area is 231 Å². The molecule has 1 heterocycles. The lowest BCUT2D eigenvalue weighted by Gasteiger charge is -2.29. The molecule has 39 heavy (non-hydrogen) atoms. The summed E-state index contributed by atoms with van der Waals surface area (Å²) in [6, 6.07) is 15.2. The Hall–Kier alpha value is -2.63. The molecule has 3 aromatic rings. The van der Waals surface area contributed by atoms with E-state index in [9.17, 15) is 8.78 Å². The number of benzene rings is 3. The van der Waals surface area contributed by atoms with Crippen LogP contribution in [0.25, 0.3) is 22.3 Å². The van der Waals surface area contributed by atoms with E-state index in [1.165, 1.54) is 31.7 Å². The van der Waals surface area contributed by atoms with Gasteiger partial charge in [0.25, 0.3) is 0 Å². The number of hydrogen-bond acceptors (Lipinski definition) is 2. The third kappa shape index (κ3) is 7.73. The Balaban J connectivity index is 1.39. The minimum Gasteiger partial charge on any atom is -0.348 e. The number of hydrogen-bond donors (Lipinski definition) is 0. The highest BCUT2D eigenvalue weighted by molar-refractivity contribution is 5.71. The Morgan fingerprint density at radius 1 is 0.667 bits per heavy atom. The minimum absolute atomic E-state index is 0.212. The highest BCUT2D eigenvalue weighted by Gasteiger charge is 2.24. The predicted molar refractivity (Wildman–Crippen MR) is 152 cm³/mol. The molecule has 1 aliphatic rings. The summed E-state index contributed by atoms with van der Waals surface area (Å²) in [7, 11) is 0. The average Bonchev–Trinajstić information content (AvgIpc) is 2.96. The van der Waals surface area contributed by atoms with Crippen LogP contribution in [0.2, 0.25) is 0 Å². The SMILES string of the molecule is CCCCCCCc1ccc(-c2ccc(-c3ccc(C4OCC(CCCCC)CO4)cc3F)cc2)c(F)c1F. The Bertz CT molecular complexity index is 1180. The van der Waals surface area contributed by atoms with Crippen molar-refractivity contribution in [2.24, 2.45) is 5.92 Å². The van der Waals surface area contributed by atoms with Crippen molar-refractivity contribution in [3.05, 3.63) is 83.2 Å². The largest absolute Gasteiger partial charge is 0.348 e. The van der Waals surface area contributed by atoms with Crippen LogP contribution in [-0.4, -0.2) is 13.2 Å². The molecule has 2 nitrogen and oxygen atoms in total. The quantitative estimate of drug-likeness (QED) is 0.202. The maximum atomic E-state index is 15.1. The summed E-state index contributed by atoms with van der Waals surface area (Å²) in [6.45, 7) is 5.58. The van der Waals surface area contributed by atoms with Crippen molar-refractivity contribution >= 4 is 0 Å². The zero-order valence-electron chi connectivity index (χ0n) is 23.3. The molecule has 0 amide bonds. The van der Waals surface area contributed by atoms with Crippen LogP contribution in [0.5, 0.6) is 0 Å². The Morgan fingerprint density at radius 3 is 1.95 bits per heavy atom. The van der Waals surface area contributed by atoms with Crippen molar-refractivity contribution in [2.75, 3.05) is 13.2 Å². The van der Waals surface area contributed by atoms with Crippen LogP contribution in [0.15, 0.2) is 54.6 Å². The van der Waals surface area contributed by atoms with Crippen LogP contribution in [0.1, 0.15) is 89.1 Å². The molecule has 0 aromatic heterocycles. The summed E-state index contributed by atoms with van der Waals surface area (Å²) >= 11 is 0. The molecule has 4 rings (SSSR count). The number of rotatable bonds is 13. The van der Waals surface area contributed by atoms with Crippen molar-refractivity contribution in [3.63, 3.8) is 0 Å². The first kappa shape index (κ1) is 29.4. The molecular weight excluding hydrogens is 497 g/mol. The second kappa shape index (κ2) is 14.7. The molecule has 5 heteroatoms. The molecular formula is C34H41F3O2. The highest BCUT2D eigenvalue weighted by Crippen LogP contribution is 2.33. The topological polar surface area (TPSA) is 18.5 Å². The third-order valence-corrected chi connectivity index (χ3v) is 7.67. The maximum Gasteiger partial charge on any atom is 0.183 e. The smallest absolute Gasteiger partial charge is 0.183 e. The van der Waals surface area contributed by atoms with Gasteiger partial charge < -0.3 is 9.47 Å². The van der Waals surface area contributed by atoms with Crippen LogP contribution >= 0.6 is 0 Å². The van der Waals surface area contributed by atoms with E-state index in [0.717, 1.165) is 32.1 Å². The van der Waals surface area contributed by atoms with E-state index in [-0.39, 0.29) is 11.4 Å². The molecule has 0 unspecified atom stereocenters. The summed E-state index contributed by atoms with van der Waals surface area (Å²) in [5.74, 6) is -1.59. The van der Waals surface area contributed by atoms with Gasteiger partial charge in [0, 0.05) is 22.6 Å². The van der Waals surface area contributed by atoms with Gasteiger partial charge in [-0.3, -0.25) is 0 Å². The molecule has 0 radical (unpaired) electrons. The van der Waals surface area contributed by atoms with Crippen molar-refractivity contribution in [1.29, 1.82) is 0 Å². The molecule has 1 saturated heterocycles. The monoisotopic (exact) mass is 538 g/mol. The van der Waals surface area contributed by atoms with E-state index in [1.54, 1.807) is 42.5 Å². The van der Waals surface area contributed by atoms with Gasteiger partial charge in [-0.15, -0.1) is 0 Å². The maximum absolute atomic E-state index is 15.1. The van der Waals surface area contributed by atoms with Crippen LogP contribution in [-0.2, 0) is 15.9 Å². The van der Waals surface area contributed by atoms with Crippen molar-refractivity contribution < 1.29 is 22.6 Å². The summed E-state index contributed by atoms with van der Waals surface area (Å²) in [5.41, 5.74) is 2.94. The standard InChI is InChI=1S/C34H41F3O2/c1-3-5-7-8-10-12-27-17-20-30(33(37)32(27)36)26-15-13-25(14-16-26)29-19-18-28(21-31(29)35)34-38-22-24(23-39-34)11-9-6-4-2/h13-21,24,34H,3-12,22-23H2,1-2H3. The molecule has 0 spiro atoms. The number of unbranched alkanes of at least 4 members (excludes halogenated alkanes) is 6. The Kier molecular flexibility index (Phi) is 11.0. The van der Waals surface area contributed by atoms with Gasteiger partial charge in [0.2, 0.25) is 0 Å². The zero-order valence-corrected chi connectivity index (χ0v) is 23.3. The van der Waals surface area contributed by atoms with Gasteiger partial charge in [0.15, 0.2) is 17.9 Å². The number of halogens is 3. The molecule has 1 aliphatic heterocycles. The van der Waals surface area contributed by atoms with Gasteiger partial charge in [-0.2, -0.15) is 0 Å². The summed E-state index contributed by atoms with van der Waals surface area (Å²) in [4.78, 5) is 0. The van der Waals surface area contributed by atoms with Crippen LogP contribution in [0.3, 0.4) is 0 Å². The Morgan fingerprint density at radius 2 is 1.28 bits per heavy atom. The van der Waals surface area contributed by atoms with E-state index >= 15 is 4.39 Å². The van der Waals surface area contributed by atoms with Crippen molar-refractivity contribution in [1.82, 2.24) is 0 Å². The van der Waals surface area contributed by atoms with E-state index in [2.05, 4.69) is 13.8 Å². The van der Waals surface area contributed by atoms with Crippen LogP contribution < -0.4 is 0 Å². The van der Waals surface area contributed by atoms with E-state index in [1.807, 2.05) is 6.07 Å². The lowest BCUT2D eigenvalue weighted by Crippen LogP contribution is -2.27. The molecule has 0 aliphatic carbocycles. The molecule has 1 fully saturated rings. The predicted octanol–water partition coefficient (Wildman–Crippen LogP) is 10.2. The zero-order chi connectivity index (χ0) is 27.6. The third-order valence-electron chi connectivity index (χ3n) is 7.67. The lowest BCUT2D eigenvalue weighted by molar-refractivity contribution is -0.206. The fourth-order valence-corrected chi connectivity index (χ4v) is 5.25. The molecule has 0 saturated carbocycles. The molecule has 0 bridgehead atoms. The van der Waals surface area contributed by atoms with E-state index < -0.39 is 17.9 Å². The first-order valence-corrected chi connectivity index (χ1v) is 14.6. The second-order valence-corrected chi connectivity index (χ2v) is 10.7. The van der Waals surface area contributed by atoms with Gasteiger partial charge in [-0.1, -0.05) is 107 Å². The molecule has 0 N–H and O–H groups in total. The average molecular weight is 539 g/mol. The van der Waals surface area contributed by atoms with Gasteiger partial charge in [-0.25, -0.2) is 13.2 Å². The van der Waals surface area contributed by atoms with E-state index in [4.69, 9.17) is 9.47 Å². The van der Waals surface area contributed by atoms with Crippen LogP contribution in [0, 0.1) is 23.4 Å². The van der Waals surface area contributed by atoms with Gasteiger partial charge in [0.05, 0.1) is 13.2 Å². The minimum atomic E-state index is -0.829.